The van der Waals surface area contributed by atoms with Gasteiger partial charge in [-0.2, -0.15) is 13.2 Å². The van der Waals surface area contributed by atoms with Crippen LogP contribution < -0.4 is 0 Å². The molecule has 0 heterocycles. The molecule has 0 bridgehead atoms. The fourth-order valence-electron chi connectivity index (χ4n) is 0.380. The maximum Gasteiger partial charge on any atom is 0.393 e. The molecule has 0 fully saturated rings. The molecule has 66 valence electrons. The minimum Gasteiger partial charge on any atom is -0.480 e. The molecule has 0 aromatic carbocycles. The Labute approximate surface area is 69.5 Å². The maximum atomic E-state index is 11.8. The van der Waals surface area contributed by atoms with E-state index in [9.17, 15) is 18.0 Å². The lowest BCUT2D eigenvalue weighted by molar-refractivity contribution is -0.176. The van der Waals surface area contributed by atoms with E-state index in [1.165, 1.54) is 0 Å². The van der Waals surface area contributed by atoms with E-state index < -0.39 is 22.9 Å². The van der Waals surface area contributed by atoms with Crippen molar-refractivity contribution < 1.29 is 23.1 Å². The van der Waals surface area contributed by atoms with Crippen LogP contribution in [0.25, 0.3) is 0 Å². The van der Waals surface area contributed by atoms with Gasteiger partial charge < -0.3 is 5.11 Å². The number of halogens is 4. The molecular weight excluding hydrogens is 229 g/mol. The van der Waals surface area contributed by atoms with Crippen LogP contribution in [0.2, 0.25) is 0 Å². The monoisotopic (exact) mass is 234 g/mol. The van der Waals surface area contributed by atoms with Gasteiger partial charge in [-0.05, 0) is 0 Å². The topological polar surface area (TPSA) is 37.3 Å². The third kappa shape index (κ3) is 3.09. The van der Waals surface area contributed by atoms with E-state index in [4.69, 9.17) is 5.11 Å². The molecule has 0 aliphatic heterocycles. The first-order chi connectivity index (χ1) is 4.76. The number of carbonyl (C=O) groups is 1. The number of aliphatic carboxylic acids is 1. The number of carboxylic acids is 1. The summed E-state index contributed by atoms with van der Waals surface area (Å²) in [4.78, 5) is 8.47. The molecule has 0 saturated carbocycles. The summed E-state index contributed by atoms with van der Waals surface area (Å²) >= 11 is 2.42. The number of alkyl halides is 4. The average Bonchev–Trinajstić information content (AvgIpc) is 1.82. The van der Waals surface area contributed by atoms with Crippen molar-refractivity contribution in [3.8, 4) is 0 Å². The second-order valence-electron chi connectivity index (χ2n) is 2.07. The lowest BCUT2D eigenvalue weighted by Gasteiger charge is -2.17. The number of hydrogen-bond acceptors (Lipinski definition) is 1. The van der Waals surface area contributed by atoms with Crippen molar-refractivity contribution in [2.75, 3.05) is 0 Å². The Morgan fingerprint density at radius 3 is 2.00 bits per heavy atom. The highest BCUT2D eigenvalue weighted by Gasteiger charge is 2.43. The van der Waals surface area contributed by atoms with E-state index in [-0.39, 0.29) is 0 Å². The first kappa shape index (κ1) is 10.7. The zero-order valence-electron chi connectivity index (χ0n) is 5.52. The van der Waals surface area contributed by atoms with Gasteiger partial charge in [0.25, 0.3) is 0 Å². The molecule has 2 unspecified atom stereocenters. The van der Waals surface area contributed by atoms with E-state index in [2.05, 4.69) is 15.9 Å². The van der Waals surface area contributed by atoms with Crippen LogP contribution in [0.3, 0.4) is 0 Å². The largest absolute Gasteiger partial charge is 0.480 e. The molecule has 1 N–H and O–H groups in total. The predicted octanol–water partition coefficient (Wildman–Crippen LogP) is 2.03. The van der Waals surface area contributed by atoms with Crippen LogP contribution in [0.1, 0.15) is 6.92 Å². The summed E-state index contributed by atoms with van der Waals surface area (Å²) in [5.74, 6) is -3.38. The Balaban J connectivity index is 4.25. The summed E-state index contributed by atoms with van der Waals surface area (Å²) in [5, 5.41) is 8.17. The van der Waals surface area contributed by atoms with Crippen molar-refractivity contribution in [1.29, 1.82) is 0 Å². The lowest BCUT2D eigenvalue weighted by atomic mass is 10.1. The van der Waals surface area contributed by atoms with E-state index in [1.54, 1.807) is 0 Å². The van der Waals surface area contributed by atoms with E-state index >= 15 is 0 Å². The van der Waals surface area contributed by atoms with Gasteiger partial charge in [0, 0.05) is 0 Å². The van der Waals surface area contributed by atoms with Crippen LogP contribution in [-0.4, -0.2) is 22.1 Å². The lowest BCUT2D eigenvalue weighted by Crippen LogP contribution is -2.33. The van der Waals surface area contributed by atoms with Gasteiger partial charge in [0.05, 0.1) is 5.92 Å². The maximum absolute atomic E-state index is 11.8. The SMILES string of the molecule is CC(C(Br)C(=O)O)C(F)(F)F. The van der Waals surface area contributed by atoms with Crippen LogP contribution in [0, 0.1) is 5.92 Å². The molecular formula is C5H6BrF3O2. The Hall–Kier alpha value is -0.260. The first-order valence-electron chi connectivity index (χ1n) is 2.70. The molecule has 2 nitrogen and oxygen atoms in total. The number of rotatable bonds is 2. The molecule has 11 heavy (non-hydrogen) atoms. The molecule has 0 aliphatic carbocycles. The van der Waals surface area contributed by atoms with Crippen molar-refractivity contribution in [2.45, 2.75) is 17.9 Å². The van der Waals surface area contributed by atoms with E-state index in [0.29, 0.717) is 0 Å². The minimum absolute atomic E-state index is 0.813. The summed E-state index contributed by atoms with van der Waals surface area (Å²) in [5.41, 5.74) is 0. The quantitative estimate of drug-likeness (QED) is 0.743. The van der Waals surface area contributed by atoms with Crippen molar-refractivity contribution in [1.82, 2.24) is 0 Å². The first-order valence-corrected chi connectivity index (χ1v) is 3.62. The molecule has 0 rings (SSSR count). The Morgan fingerprint density at radius 1 is 1.55 bits per heavy atom. The summed E-state index contributed by atoms with van der Waals surface area (Å²) in [6, 6.07) is 0. The van der Waals surface area contributed by atoms with Crippen molar-refractivity contribution in [3.05, 3.63) is 0 Å². The fraction of sp³-hybridized carbons (Fsp3) is 0.800. The van der Waals surface area contributed by atoms with Gasteiger partial charge in [-0.1, -0.05) is 22.9 Å². The molecule has 0 saturated heterocycles. The van der Waals surface area contributed by atoms with Crippen LogP contribution in [0.4, 0.5) is 13.2 Å². The zero-order chi connectivity index (χ0) is 9.23. The van der Waals surface area contributed by atoms with Gasteiger partial charge in [-0.3, -0.25) is 4.79 Å². The molecule has 2 atom stereocenters. The van der Waals surface area contributed by atoms with Crippen molar-refractivity contribution in [2.24, 2.45) is 5.92 Å². The molecule has 6 heteroatoms. The number of hydrogen-bond donors (Lipinski definition) is 1. The Bertz CT molecular complexity index is 156. The highest BCUT2D eigenvalue weighted by molar-refractivity contribution is 9.10. The fourth-order valence-corrected chi connectivity index (χ4v) is 0.680. The summed E-state index contributed by atoms with van der Waals surface area (Å²) in [6.07, 6.45) is -4.47. The third-order valence-corrected chi connectivity index (χ3v) is 2.38. The number of carboxylic acid groups (broad SMARTS) is 1. The Morgan fingerprint density at radius 2 is 1.91 bits per heavy atom. The van der Waals surface area contributed by atoms with E-state index in [0.717, 1.165) is 6.92 Å². The molecule has 0 amide bonds. The molecule has 0 aliphatic rings. The van der Waals surface area contributed by atoms with Crippen LogP contribution in [0.5, 0.6) is 0 Å². The van der Waals surface area contributed by atoms with Gasteiger partial charge in [0.2, 0.25) is 0 Å². The summed E-state index contributed by atoms with van der Waals surface area (Å²) in [7, 11) is 0. The van der Waals surface area contributed by atoms with E-state index in [1.807, 2.05) is 0 Å². The molecule has 0 radical (unpaired) electrons. The Kier molecular flexibility index (Phi) is 3.34. The van der Waals surface area contributed by atoms with Crippen LogP contribution >= 0.6 is 15.9 Å². The average molecular weight is 235 g/mol. The van der Waals surface area contributed by atoms with Crippen molar-refractivity contribution >= 4 is 21.9 Å². The zero-order valence-corrected chi connectivity index (χ0v) is 7.11. The van der Waals surface area contributed by atoms with Crippen molar-refractivity contribution in [3.63, 3.8) is 0 Å². The van der Waals surface area contributed by atoms with Crippen LogP contribution in [-0.2, 0) is 4.79 Å². The summed E-state index contributed by atoms with van der Waals surface area (Å²) < 4.78 is 35.3. The second-order valence-corrected chi connectivity index (χ2v) is 3.06. The highest BCUT2D eigenvalue weighted by atomic mass is 79.9. The highest BCUT2D eigenvalue weighted by Crippen LogP contribution is 2.31. The molecule has 0 spiro atoms. The van der Waals surface area contributed by atoms with Gasteiger partial charge in [-0.15, -0.1) is 0 Å². The van der Waals surface area contributed by atoms with Gasteiger partial charge in [-0.25, -0.2) is 0 Å². The van der Waals surface area contributed by atoms with Gasteiger partial charge in [0.15, 0.2) is 0 Å². The minimum atomic E-state index is -4.47. The third-order valence-electron chi connectivity index (χ3n) is 1.19. The van der Waals surface area contributed by atoms with Crippen LogP contribution in [0.15, 0.2) is 0 Å². The normalized spacial score (nSPS) is 17.5. The summed E-state index contributed by atoms with van der Waals surface area (Å²) in [6.45, 7) is 0.813. The van der Waals surface area contributed by atoms with Gasteiger partial charge >= 0.3 is 12.1 Å². The smallest absolute Gasteiger partial charge is 0.393 e. The van der Waals surface area contributed by atoms with Gasteiger partial charge in [0.1, 0.15) is 4.83 Å². The molecule has 0 aromatic heterocycles. The second kappa shape index (κ2) is 3.42. The molecule has 0 aromatic rings. The predicted molar refractivity (Wildman–Crippen MR) is 35.6 cm³/mol. The standard InChI is InChI=1S/C5H6BrF3O2/c1-2(5(7,8)9)3(6)4(10)11/h2-3H,1H3,(H,10,11).